The maximum atomic E-state index is 11.6. The Morgan fingerprint density at radius 2 is 2.57 bits per heavy atom. The molecule has 0 aromatic carbocycles. The van der Waals surface area contributed by atoms with Crippen molar-refractivity contribution in [1.82, 2.24) is 4.90 Å². The minimum atomic E-state index is -0.0674. The number of rotatable bonds is 3. The van der Waals surface area contributed by atoms with Gasteiger partial charge in [0.25, 0.3) is 0 Å². The van der Waals surface area contributed by atoms with E-state index in [-0.39, 0.29) is 12.3 Å². The smallest absolute Gasteiger partial charge is 0.217 e. The molecule has 14 heavy (non-hydrogen) atoms. The van der Waals surface area contributed by atoms with Crippen LogP contribution in [-0.4, -0.2) is 34.7 Å². The van der Waals surface area contributed by atoms with Gasteiger partial charge in [-0.2, -0.15) is 0 Å². The van der Waals surface area contributed by atoms with Crippen molar-refractivity contribution in [2.24, 2.45) is 0 Å². The molecular formula is C9H10N2O2S. The number of ketones is 1. The monoisotopic (exact) mass is 210 g/mol. The number of amidine groups is 1. The van der Waals surface area contributed by atoms with Crippen LogP contribution in [0.3, 0.4) is 0 Å². The lowest BCUT2D eigenvalue weighted by Crippen LogP contribution is -2.29. The van der Waals surface area contributed by atoms with E-state index in [0.29, 0.717) is 10.9 Å². The van der Waals surface area contributed by atoms with E-state index in [1.165, 1.54) is 18.0 Å². The van der Waals surface area contributed by atoms with Gasteiger partial charge in [0.2, 0.25) is 5.78 Å². The van der Waals surface area contributed by atoms with Crippen molar-refractivity contribution in [2.45, 2.75) is 0 Å². The van der Waals surface area contributed by atoms with Crippen LogP contribution in [0.25, 0.3) is 0 Å². The predicted molar refractivity (Wildman–Crippen MR) is 54.8 cm³/mol. The summed E-state index contributed by atoms with van der Waals surface area (Å²) >= 11 is 1.47. The lowest BCUT2D eigenvalue weighted by molar-refractivity contribution is 0.0939. The molecule has 1 fully saturated rings. The van der Waals surface area contributed by atoms with E-state index in [4.69, 9.17) is 9.83 Å². The van der Waals surface area contributed by atoms with E-state index in [1.54, 1.807) is 17.0 Å². The van der Waals surface area contributed by atoms with E-state index in [1.807, 2.05) is 0 Å². The van der Waals surface area contributed by atoms with Crippen LogP contribution in [0, 0.1) is 5.41 Å². The fraction of sp³-hybridized carbons (Fsp3) is 0.333. The Kier molecular flexibility index (Phi) is 2.58. The SMILES string of the molecule is N=C1SCCN1CC(=O)c1ccco1. The van der Waals surface area contributed by atoms with Crippen LogP contribution in [-0.2, 0) is 0 Å². The van der Waals surface area contributed by atoms with Gasteiger partial charge in [-0.1, -0.05) is 11.8 Å². The first kappa shape index (κ1) is 9.33. The normalized spacial score (nSPS) is 16.3. The van der Waals surface area contributed by atoms with Crippen LogP contribution in [0.15, 0.2) is 22.8 Å². The highest BCUT2D eigenvalue weighted by molar-refractivity contribution is 8.14. The topological polar surface area (TPSA) is 57.3 Å². The highest BCUT2D eigenvalue weighted by Crippen LogP contribution is 2.16. The Hall–Kier alpha value is -1.23. The molecule has 0 amide bonds. The molecule has 5 heteroatoms. The Bertz CT molecular complexity index is 348. The average molecular weight is 210 g/mol. The highest BCUT2D eigenvalue weighted by Gasteiger charge is 2.21. The van der Waals surface area contributed by atoms with Crippen LogP contribution < -0.4 is 0 Å². The van der Waals surface area contributed by atoms with E-state index in [2.05, 4.69) is 0 Å². The second-order valence-corrected chi connectivity index (χ2v) is 4.06. The number of carbonyl (C=O) groups is 1. The van der Waals surface area contributed by atoms with Crippen molar-refractivity contribution < 1.29 is 9.21 Å². The summed E-state index contributed by atoms with van der Waals surface area (Å²) in [6.07, 6.45) is 1.48. The van der Waals surface area contributed by atoms with Crippen molar-refractivity contribution in [1.29, 1.82) is 5.41 Å². The van der Waals surface area contributed by atoms with Gasteiger partial charge in [-0.15, -0.1) is 0 Å². The summed E-state index contributed by atoms with van der Waals surface area (Å²) in [6.45, 7) is 1.02. The molecule has 1 aliphatic heterocycles. The zero-order valence-corrected chi connectivity index (χ0v) is 8.34. The Morgan fingerprint density at radius 3 is 3.14 bits per heavy atom. The Labute approximate surface area is 85.8 Å². The van der Waals surface area contributed by atoms with Gasteiger partial charge in [0.05, 0.1) is 12.8 Å². The van der Waals surface area contributed by atoms with Crippen LogP contribution >= 0.6 is 11.8 Å². The van der Waals surface area contributed by atoms with Crippen LogP contribution in [0.4, 0.5) is 0 Å². The van der Waals surface area contributed by atoms with E-state index < -0.39 is 0 Å². The van der Waals surface area contributed by atoms with Crippen molar-refractivity contribution >= 4 is 22.7 Å². The third kappa shape index (κ3) is 1.82. The number of hydrogen-bond acceptors (Lipinski definition) is 4. The predicted octanol–water partition coefficient (Wildman–Crippen LogP) is 1.45. The first-order valence-corrected chi connectivity index (χ1v) is 5.29. The fourth-order valence-corrected chi connectivity index (χ4v) is 2.13. The first-order valence-electron chi connectivity index (χ1n) is 4.30. The fourth-order valence-electron chi connectivity index (χ4n) is 1.28. The van der Waals surface area contributed by atoms with Crippen LogP contribution in [0.5, 0.6) is 0 Å². The van der Waals surface area contributed by atoms with Crippen molar-refractivity contribution in [3.05, 3.63) is 24.2 Å². The molecule has 0 bridgehead atoms. The molecule has 4 nitrogen and oxygen atoms in total. The van der Waals surface area contributed by atoms with Gasteiger partial charge in [0, 0.05) is 12.3 Å². The van der Waals surface area contributed by atoms with Gasteiger partial charge in [-0.25, -0.2) is 0 Å². The molecule has 2 rings (SSSR count). The number of furan rings is 1. The van der Waals surface area contributed by atoms with Crippen LogP contribution in [0.1, 0.15) is 10.6 Å². The molecule has 0 unspecified atom stereocenters. The van der Waals surface area contributed by atoms with Gasteiger partial charge in [0.1, 0.15) is 0 Å². The lowest BCUT2D eigenvalue weighted by atomic mass is 10.3. The minimum Gasteiger partial charge on any atom is -0.461 e. The summed E-state index contributed by atoms with van der Waals surface area (Å²) in [5.74, 6) is 1.20. The molecule has 1 saturated heterocycles. The molecule has 0 saturated carbocycles. The number of carbonyl (C=O) groups excluding carboxylic acids is 1. The second kappa shape index (κ2) is 3.88. The molecular weight excluding hydrogens is 200 g/mol. The standard InChI is InChI=1S/C9H10N2O2S/c10-9-11(3-5-14-9)6-7(12)8-2-1-4-13-8/h1-2,4,10H,3,5-6H2. The Balaban J connectivity index is 1.98. The molecule has 0 atom stereocenters. The summed E-state index contributed by atoms with van der Waals surface area (Å²) in [4.78, 5) is 13.3. The summed E-state index contributed by atoms with van der Waals surface area (Å²) in [6, 6.07) is 3.34. The molecule has 0 spiro atoms. The zero-order chi connectivity index (χ0) is 9.97. The quantitative estimate of drug-likeness (QED) is 0.767. The van der Waals surface area contributed by atoms with E-state index in [0.717, 1.165) is 12.3 Å². The second-order valence-electron chi connectivity index (χ2n) is 2.98. The van der Waals surface area contributed by atoms with E-state index in [9.17, 15) is 4.79 Å². The first-order chi connectivity index (χ1) is 6.77. The number of nitrogens with zero attached hydrogens (tertiary/aromatic N) is 1. The molecule has 1 aromatic heterocycles. The lowest BCUT2D eigenvalue weighted by Gasteiger charge is -2.13. The van der Waals surface area contributed by atoms with Gasteiger partial charge < -0.3 is 9.32 Å². The molecule has 1 aromatic rings. The maximum Gasteiger partial charge on any atom is 0.217 e. The van der Waals surface area contributed by atoms with Gasteiger partial charge in [-0.3, -0.25) is 10.2 Å². The van der Waals surface area contributed by atoms with Gasteiger partial charge >= 0.3 is 0 Å². The number of Topliss-reactive ketones (excluding diaryl/α,β-unsaturated/α-hetero) is 1. The molecule has 2 heterocycles. The molecule has 74 valence electrons. The largest absolute Gasteiger partial charge is 0.461 e. The van der Waals surface area contributed by atoms with Crippen molar-refractivity contribution in [3.8, 4) is 0 Å². The van der Waals surface area contributed by atoms with Crippen molar-refractivity contribution in [2.75, 3.05) is 18.8 Å². The summed E-state index contributed by atoms with van der Waals surface area (Å²) in [7, 11) is 0. The summed E-state index contributed by atoms with van der Waals surface area (Å²) < 4.78 is 4.99. The number of nitrogens with one attached hydrogen (secondary N) is 1. The summed E-state index contributed by atoms with van der Waals surface area (Å²) in [5, 5.41) is 8.01. The van der Waals surface area contributed by atoms with E-state index >= 15 is 0 Å². The molecule has 1 N–H and O–H groups in total. The van der Waals surface area contributed by atoms with Gasteiger partial charge in [-0.05, 0) is 12.1 Å². The van der Waals surface area contributed by atoms with Crippen LogP contribution in [0.2, 0.25) is 0 Å². The third-order valence-corrected chi connectivity index (χ3v) is 2.94. The number of thioether (sulfide) groups is 1. The van der Waals surface area contributed by atoms with Gasteiger partial charge in [0.15, 0.2) is 10.9 Å². The average Bonchev–Trinajstić information content (AvgIpc) is 2.77. The van der Waals surface area contributed by atoms with Crippen molar-refractivity contribution in [3.63, 3.8) is 0 Å². The maximum absolute atomic E-state index is 11.6. The third-order valence-electron chi connectivity index (χ3n) is 2.02. The summed E-state index contributed by atoms with van der Waals surface area (Å²) in [5.41, 5.74) is 0. The highest BCUT2D eigenvalue weighted by atomic mass is 32.2. The molecule has 1 aliphatic rings. The number of hydrogen-bond donors (Lipinski definition) is 1. The Morgan fingerprint density at radius 1 is 1.71 bits per heavy atom. The zero-order valence-electron chi connectivity index (χ0n) is 7.53. The minimum absolute atomic E-state index is 0.0674. The molecule has 0 radical (unpaired) electrons. The molecule has 0 aliphatic carbocycles.